The molecule has 2 amide bonds. The first-order chi connectivity index (χ1) is 15.6. The van der Waals surface area contributed by atoms with Crippen molar-refractivity contribution in [1.29, 1.82) is 0 Å². The first-order valence-electron chi connectivity index (χ1n) is 10.6. The van der Waals surface area contributed by atoms with Gasteiger partial charge in [0.1, 0.15) is 23.7 Å². The first-order valence-corrected chi connectivity index (χ1v) is 10.6. The number of carbonyl (C=O) groups excluding carboxylic acids is 1. The van der Waals surface area contributed by atoms with Gasteiger partial charge in [0, 0.05) is 44.4 Å². The SMILES string of the molecule is COc1ccc(F)cc1-c1cc(N2CCN(C(=O)NCCc3ccccc3)CC2)ncn1. The minimum absolute atomic E-state index is 0.0477. The summed E-state index contributed by atoms with van der Waals surface area (Å²) in [5, 5.41) is 3.00. The molecule has 8 heteroatoms. The van der Waals surface area contributed by atoms with E-state index in [2.05, 4.69) is 32.3 Å². The zero-order valence-electron chi connectivity index (χ0n) is 18.0. The van der Waals surface area contributed by atoms with E-state index in [1.165, 1.54) is 24.0 Å². The van der Waals surface area contributed by atoms with Crippen molar-refractivity contribution in [3.63, 3.8) is 0 Å². The number of anilines is 1. The van der Waals surface area contributed by atoms with Crippen LogP contribution >= 0.6 is 0 Å². The quantitative estimate of drug-likeness (QED) is 0.643. The number of hydrogen-bond acceptors (Lipinski definition) is 5. The molecule has 3 aromatic rings. The van der Waals surface area contributed by atoms with Crippen LogP contribution in [-0.2, 0) is 6.42 Å². The molecule has 0 aliphatic carbocycles. The molecule has 0 bridgehead atoms. The van der Waals surface area contributed by atoms with Crippen LogP contribution in [0.3, 0.4) is 0 Å². The van der Waals surface area contributed by atoms with Gasteiger partial charge < -0.3 is 19.9 Å². The molecule has 2 heterocycles. The average Bonchev–Trinajstić information content (AvgIpc) is 2.85. The lowest BCUT2D eigenvalue weighted by atomic mass is 10.1. The molecule has 0 saturated carbocycles. The standard InChI is InChI=1S/C24H26FN5O2/c1-32-22-8-7-19(25)15-20(22)21-16-23(28-17-27-21)29-11-13-30(14-12-29)24(31)26-10-9-18-5-3-2-4-6-18/h2-8,15-17H,9-14H2,1H3,(H,26,31). The van der Waals surface area contributed by atoms with E-state index >= 15 is 0 Å². The third kappa shape index (κ3) is 5.14. The summed E-state index contributed by atoms with van der Waals surface area (Å²) in [5.41, 5.74) is 2.37. The minimum atomic E-state index is -0.354. The number of hydrogen-bond donors (Lipinski definition) is 1. The van der Waals surface area contributed by atoms with Crippen LogP contribution in [0, 0.1) is 5.82 Å². The Labute approximate surface area is 186 Å². The van der Waals surface area contributed by atoms with Gasteiger partial charge in [-0.1, -0.05) is 30.3 Å². The van der Waals surface area contributed by atoms with Crippen molar-refractivity contribution in [3.05, 3.63) is 72.3 Å². The minimum Gasteiger partial charge on any atom is -0.496 e. The van der Waals surface area contributed by atoms with Gasteiger partial charge in [-0.25, -0.2) is 19.2 Å². The van der Waals surface area contributed by atoms with Gasteiger partial charge in [-0.2, -0.15) is 0 Å². The van der Waals surface area contributed by atoms with Crippen molar-refractivity contribution in [2.45, 2.75) is 6.42 Å². The number of nitrogens with one attached hydrogen (secondary N) is 1. The lowest BCUT2D eigenvalue weighted by Crippen LogP contribution is -2.52. The zero-order chi connectivity index (χ0) is 22.3. The Morgan fingerprint density at radius 2 is 1.84 bits per heavy atom. The average molecular weight is 436 g/mol. The lowest BCUT2D eigenvalue weighted by molar-refractivity contribution is 0.194. The number of piperazine rings is 1. The maximum Gasteiger partial charge on any atom is 0.317 e. The smallest absolute Gasteiger partial charge is 0.317 e. The fourth-order valence-electron chi connectivity index (χ4n) is 3.76. The van der Waals surface area contributed by atoms with E-state index in [0.717, 1.165) is 12.2 Å². The molecule has 4 rings (SSSR count). The fraction of sp³-hybridized carbons (Fsp3) is 0.292. The van der Waals surface area contributed by atoms with E-state index in [1.807, 2.05) is 29.2 Å². The summed E-state index contributed by atoms with van der Waals surface area (Å²) in [7, 11) is 1.54. The highest BCUT2D eigenvalue weighted by molar-refractivity contribution is 5.74. The number of methoxy groups -OCH3 is 1. The van der Waals surface area contributed by atoms with Crippen LogP contribution < -0.4 is 15.0 Å². The third-order valence-corrected chi connectivity index (χ3v) is 5.51. The fourth-order valence-corrected chi connectivity index (χ4v) is 3.76. The maximum absolute atomic E-state index is 13.8. The van der Waals surface area contributed by atoms with Crippen LogP contribution in [0.4, 0.5) is 15.0 Å². The normalized spacial score (nSPS) is 13.7. The van der Waals surface area contributed by atoms with E-state index in [4.69, 9.17) is 4.74 Å². The summed E-state index contributed by atoms with van der Waals surface area (Å²) in [5.74, 6) is 0.936. The molecular formula is C24H26FN5O2. The topological polar surface area (TPSA) is 70.6 Å². The van der Waals surface area contributed by atoms with Crippen LogP contribution in [0.5, 0.6) is 5.75 Å². The van der Waals surface area contributed by atoms with Gasteiger partial charge in [-0.3, -0.25) is 0 Å². The number of carbonyl (C=O) groups is 1. The van der Waals surface area contributed by atoms with Crippen molar-refractivity contribution < 1.29 is 13.9 Å². The third-order valence-electron chi connectivity index (χ3n) is 5.51. The second-order valence-electron chi connectivity index (χ2n) is 7.55. The Kier molecular flexibility index (Phi) is 6.79. The molecule has 1 N–H and O–H groups in total. The predicted molar refractivity (Wildman–Crippen MR) is 121 cm³/mol. The number of urea groups is 1. The van der Waals surface area contributed by atoms with Crippen molar-refractivity contribution in [3.8, 4) is 17.0 Å². The Hall–Kier alpha value is -3.68. The molecule has 166 valence electrons. The molecule has 7 nitrogen and oxygen atoms in total. The molecule has 32 heavy (non-hydrogen) atoms. The Morgan fingerprint density at radius 3 is 2.59 bits per heavy atom. The number of aromatic nitrogens is 2. The van der Waals surface area contributed by atoms with Gasteiger partial charge in [-0.05, 0) is 30.2 Å². The summed E-state index contributed by atoms with van der Waals surface area (Å²) in [6, 6.07) is 16.2. The summed E-state index contributed by atoms with van der Waals surface area (Å²) < 4.78 is 19.1. The molecule has 0 radical (unpaired) electrons. The van der Waals surface area contributed by atoms with Crippen molar-refractivity contribution in [2.75, 3.05) is 44.7 Å². The van der Waals surface area contributed by atoms with Crippen LogP contribution in [-0.4, -0.2) is 60.7 Å². The summed E-state index contributed by atoms with van der Waals surface area (Å²) >= 11 is 0. The highest BCUT2D eigenvalue weighted by Gasteiger charge is 2.22. The molecule has 1 saturated heterocycles. The van der Waals surface area contributed by atoms with E-state index in [1.54, 1.807) is 13.2 Å². The molecule has 2 aromatic carbocycles. The van der Waals surface area contributed by atoms with Crippen molar-refractivity contribution in [1.82, 2.24) is 20.2 Å². The lowest BCUT2D eigenvalue weighted by Gasteiger charge is -2.35. The van der Waals surface area contributed by atoms with Gasteiger partial charge >= 0.3 is 6.03 Å². The zero-order valence-corrected chi connectivity index (χ0v) is 18.0. The summed E-state index contributed by atoms with van der Waals surface area (Å²) in [6.45, 7) is 3.11. The molecule has 1 aliphatic heterocycles. The second kappa shape index (κ2) is 10.1. The first kappa shape index (κ1) is 21.5. The van der Waals surface area contributed by atoms with Crippen LogP contribution in [0.25, 0.3) is 11.3 Å². The molecule has 0 atom stereocenters. The Bertz CT molecular complexity index is 1060. The molecule has 1 aliphatic rings. The summed E-state index contributed by atoms with van der Waals surface area (Å²) in [4.78, 5) is 25.1. The largest absolute Gasteiger partial charge is 0.496 e. The number of amides is 2. The van der Waals surface area contributed by atoms with Gasteiger partial charge in [0.05, 0.1) is 12.8 Å². The summed E-state index contributed by atoms with van der Waals surface area (Å²) in [6.07, 6.45) is 2.28. The Morgan fingerprint density at radius 1 is 1.06 bits per heavy atom. The number of benzene rings is 2. The number of ether oxygens (including phenoxy) is 1. The van der Waals surface area contributed by atoms with E-state index in [9.17, 15) is 9.18 Å². The Balaban J connectivity index is 1.34. The van der Waals surface area contributed by atoms with Gasteiger partial charge in [0.2, 0.25) is 0 Å². The predicted octanol–water partition coefficient (Wildman–Crippen LogP) is 3.37. The van der Waals surface area contributed by atoms with Crippen LogP contribution in [0.15, 0.2) is 60.9 Å². The van der Waals surface area contributed by atoms with Crippen molar-refractivity contribution >= 4 is 11.8 Å². The molecule has 0 unspecified atom stereocenters. The highest BCUT2D eigenvalue weighted by atomic mass is 19.1. The highest BCUT2D eigenvalue weighted by Crippen LogP contribution is 2.30. The maximum atomic E-state index is 13.8. The number of rotatable bonds is 6. The number of halogens is 1. The monoisotopic (exact) mass is 435 g/mol. The van der Waals surface area contributed by atoms with Crippen LogP contribution in [0.1, 0.15) is 5.56 Å². The van der Waals surface area contributed by atoms with Gasteiger partial charge in [0.25, 0.3) is 0 Å². The van der Waals surface area contributed by atoms with Gasteiger partial charge in [0.15, 0.2) is 0 Å². The molecular weight excluding hydrogens is 409 g/mol. The van der Waals surface area contributed by atoms with Crippen molar-refractivity contribution in [2.24, 2.45) is 0 Å². The van der Waals surface area contributed by atoms with E-state index in [0.29, 0.717) is 49.7 Å². The second-order valence-corrected chi connectivity index (χ2v) is 7.55. The van der Waals surface area contributed by atoms with Gasteiger partial charge in [-0.15, -0.1) is 0 Å². The molecule has 0 spiro atoms. The molecule has 1 aromatic heterocycles. The van der Waals surface area contributed by atoms with E-state index < -0.39 is 0 Å². The van der Waals surface area contributed by atoms with E-state index in [-0.39, 0.29) is 11.8 Å². The number of nitrogens with zero attached hydrogens (tertiary/aromatic N) is 4. The van der Waals surface area contributed by atoms with Crippen LogP contribution in [0.2, 0.25) is 0 Å². The molecule has 1 fully saturated rings.